The number of furan rings is 1. The van der Waals surface area contributed by atoms with Gasteiger partial charge < -0.3 is 14.3 Å². The molecular formula is C14H15BrO4. The topological polar surface area (TPSA) is 59.7 Å². The predicted octanol–water partition coefficient (Wildman–Crippen LogP) is 3.92. The van der Waals surface area contributed by atoms with Crippen molar-refractivity contribution in [1.82, 2.24) is 0 Å². The first-order chi connectivity index (χ1) is 9.02. The molecule has 19 heavy (non-hydrogen) atoms. The van der Waals surface area contributed by atoms with Gasteiger partial charge in [-0.05, 0) is 53.4 Å². The Bertz CT molecular complexity index is 615. The summed E-state index contributed by atoms with van der Waals surface area (Å²) >= 11 is 3.56. The fourth-order valence-electron chi connectivity index (χ4n) is 2.08. The number of carbonyl (C=O) groups is 1. The smallest absolute Gasteiger partial charge is 0.303 e. The molecule has 1 aromatic carbocycles. The molecule has 0 aliphatic heterocycles. The molecule has 0 aliphatic carbocycles. The van der Waals surface area contributed by atoms with Crippen LogP contribution in [0.5, 0.6) is 5.75 Å². The van der Waals surface area contributed by atoms with Gasteiger partial charge in [0.2, 0.25) is 0 Å². The Labute approximate surface area is 119 Å². The van der Waals surface area contributed by atoms with Gasteiger partial charge in [-0.3, -0.25) is 4.79 Å². The molecule has 0 amide bonds. The maximum atomic E-state index is 10.6. The maximum absolute atomic E-state index is 10.6. The van der Waals surface area contributed by atoms with Crippen LogP contribution in [0.4, 0.5) is 0 Å². The number of fused-ring (bicyclic) bond motifs is 1. The number of ether oxygens (including phenoxy) is 1. The van der Waals surface area contributed by atoms with Crippen LogP contribution in [-0.4, -0.2) is 18.2 Å². The van der Waals surface area contributed by atoms with Crippen LogP contribution in [0.15, 0.2) is 21.0 Å². The molecule has 0 fully saturated rings. The zero-order chi connectivity index (χ0) is 14.0. The summed E-state index contributed by atoms with van der Waals surface area (Å²) in [6.07, 6.45) is 1.44. The van der Waals surface area contributed by atoms with Crippen molar-refractivity contribution >= 4 is 32.9 Å². The molecule has 1 N–H and O–H groups in total. The Kier molecular flexibility index (Phi) is 4.14. The van der Waals surface area contributed by atoms with Crippen LogP contribution in [0, 0.1) is 6.92 Å². The van der Waals surface area contributed by atoms with Crippen molar-refractivity contribution in [3.8, 4) is 5.75 Å². The highest BCUT2D eigenvalue weighted by Gasteiger charge is 2.15. The quantitative estimate of drug-likeness (QED) is 0.904. The second kappa shape index (κ2) is 5.65. The molecule has 1 heterocycles. The summed E-state index contributed by atoms with van der Waals surface area (Å²) in [5.41, 5.74) is 1.75. The minimum Gasteiger partial charge on any atom is -0.493 e. The molecule has 0 spiro atoms. The third kappa shape index (κ3) is 2.92. The van der Waals surface area contributed by atoms with Gasteiger partial charge >= 0.3 is 5.97 Å². The number of methoxy groups -OCH3 is 1. The number of carboxylic acids is 1. The van der Waals surface area contributed by atoms with Crippen molar-refractivity contribution in [2.75, 3.05) is 7.11 Å². The van der Waals surface area contributed by atoms with Gasteiger partial charge in [0.25, 0.3) is 0 Å². The number of halogens is 1. The Morgan fingerprint density at radius 2 is 2.21 bits per heavy atom. The lowest BCUT2D eigenvalue weighted by Crippen LogP contribution is -1.97. The van der Waals surface area contributed by atoms with Gasteiger partial charge in [-0.2, -0.15) is 0 Å². The van der Waals surface area contributed by atoms with E-state index in [0.29, 0.717) is 24.2 Å². The normalized spacial score (nSPS) is 10.9. The van der Waals surface area contributed by atoms with Gasteiger partial charge in [0.1, 0.15) is 5.76 Å². The van der Waals surface area contributed by atoms with Crippen LogP contribution in [0.25, 0.3) is 11.0 Å². The number of aliphatic carboxylic acids is 1. The summed E-state index contributed by atoms with van der Waals surface area (Å²) in [6, 6.07) is 3.85. The van der Waals surface area contributed by atoms with Gasteiger partial charge in [-0.1, -0.05) is 0 Å². The number of hydrogen-bond acceptors (Lipinski definition) is 3. The lowest BCUT2D eigenvalue weighted by molar-refractivity contribution is -0.137. The second-order valence-corrected chi connectivity index (χ2v) is 5.19. The summed E-state index contributed by atoms with van der Waals surface area (Å²) in [5, 5.41) is 9.65. The Hall–Kier alpha value is -1.49. The van der Waals surface area contributed by atoms with E-state index < -0.39 is 5.97 Å². The highest BCUT2D eigenvalue weighted by atomic mass is 79.9. The average molecular weight is 327 g/mol. The number of rotatable bonds is 5. The Morgan fingerprint density at radius 1 is 1.47 bits per heavy atom. The van der Waals surface area contributed by atoms with E-state index in [1.54, 1.807) is 7.11 Å². The predicted molar refractivity (Wildman–Crippen MR) is 75.8 cm³/mol. The van der Waals surface area contributed by atoms with Crippen LogP contribution in [0.2, 0.25) is 0 Å². The lowest BCUT2D eigenvalue weighted by atomic mass is 10.1. The summed E-state index contributed by atoms with van der Waals surface area (Å²) in [5.74, 6) is 0.719. The molecule has 0 bridgehead atoms. The minimum absolute atomic E-state index is 0.164. The first kappa shape index (κ1) is 13.9. The highest BCUT2D eigenvalue weighted by molar-refractivity contribution is 9.10. The molecule has 0 saturated heterocycles. The Balaban J connectivity index is 2.38. The van der Waals surface area contributed by atoms with Gasteiger partial charge in [-0.25, -0.2) is 0 Å². The van der Waals surface area contributed by atoms with Gasteiger partial charge in [0, 0.05) is 16.3 Å². The van der Waals surface area contributed by atoms with Crippen molar-refractivity contribution < 1.29 is 19.1 Å². The molecule has 0 aliphatic rings. The van der Waals surface area contributed by atoms with E-state index in [1.807, 2.05) is 19.1 Å². The van der Waals surface area contributed by atoms with Crippen LogP contribution in [0.3, 0.4) is 0 Å². The third-order valence-electron chi connectivity index (χ3n) is 2.96. The summed E-state index contributed by atoms with van der Waals surface area (Å²) in [7, 11) is 1.60. The zero-order valence-electron chi connectivity index (χ0n) is 10.8. The molecular weight excluding hydrogens is 312 g/mol. The van der Waals surface area contributed by atoms with Gasteiger partial charge in [-0.15, -0.1) is 0 Å². The fourth-order valence-corrected chi connectivity index (χ4v) is 2.69. The van der Waals surface area contributed by atoms with Gasteiger partial charge in [0.05, 0.1) is 7.11 Å². The van der Waals surface area contributed by atoms with E-state index >= 15 is 0 Å². The van der Waals surface area contributed by atoms with Crippen LogP contribution >= 0.6 is 15.9 Å². The number of benzene rings is 1. The van der Waals surface area contributed by atoms with E-state index in [4.69, 9.17) is 14.3 Å². The molecule has 0 unspecified atom stereocenters. The summed E-state index contributed by atoms with van der Waals surface area (Å²) in [4.78, 5) is 10.6. The monoisotopic (exact) mass is 326 g/mol. The first-order valence-electron chi connectivity index (χ1n) is 6.00. The average Bonchev–Trinajstić information content (AvgIpc) is 2.74. The van der Waals surface area contributed by atoms with Crippen LogP contribution in [-0.2, 0) is 11.2 Å². The lowest BCUT2D eigenvalue weighted by Gasteiger charge is -2.08. The van der Waals surface area contributed by atoms with Gasteiger partial charge in [0.15, 0.2) is 11.3 Å². The number of carboxylic acid groups (broad SMARTS) is 1. The van der Waals surface area contributed by atoms with E-state index in [0.717, 1.165) is 21.2 Å². The molecule has 0 atom stereocenters. The van der Waals surface area contributed by atoms with E-state index in [-0.39, 0.29) is 6.42 Å². The first-order valence-corrected chi connectivity index (χ1v) is 6.79. The third-order valence-corrected chi connectivity index (χ3v) is 3.90. The molecule has 5 heteroatoms. The van der Waals surface area contributed by atoms with Crippen molar-refractivity contribution in [1.29, 1.82) is 0 Å². The maximum Gasteiger partial charge on any atom is 0.303 e. The van der Waals surface area contributed by atoms with E-state index in [1.165, 1.54) is 0 Å². The fraction of sp³-hybridized carbons (Fsp3) is 0.357. The van der Waals surface area contributed by atoms with Crippen molar-refractivity contribution in [3.05, 3.63) is 27.9 Å². The summed E-state index contributed by atoms with van der Waals surface area (Å²) in [6.45, 7) is 1.88. The number of hydrogen-bond donors (Lipinski definition) is 1. The largest absolute Gasteiger partial charge is 0.493 e. The summed E-state index contributed by atoms with van der Waals surface area (Å²) < 4.78 is 11.9. The van der Waals surface area contributed by atoms with E-state index in [2.05, 4.69) is 15.9 Å². The SMILES string of the molecule is COc1cc(CCCC(=O)O)c(Br)c2cc(C)oc12. The molecule has 4 nitrogen and oxygen atoms in total. The highest BCUT2D eigenvalue weighted by Crippen LogP contribution is 2.37. The number of aryl methyl sites for hydroxylation is 2. The van der Waals surface area contributed by atoms with Crippen molar-refractivity contribution in [3.63, 3.8) is 0 Å². The molecule has 2 aromatic rings. The van der Waals surface area contributed by atoms with Crippen LogP contribution < -0.4 is 4.74 Å². The van der Waals surface area contributed by atoms with Crippen molar-refractivity contribution in [2.24, 2.45) is 0 Å². The molecule has 0 radical (unpaired) electrons. The van der Waals surface area contributed by atoms with E-state index in [9.17, 15) is 4.79 Å². The van der Waals surface area contributed by atoms with Crippen LogP contribution in [0.1, 0.15) is 24.2 Å². The molecule has 0 saturated carbocycles. The Morgan fingerprint density at radius 3 is 2.84 bits per heavy atom. The second-order valence-electron chi connectivity index (χ2n) is 4.40. The standard InChI is InChI=1S/C14H15BrO4/c1-8-6-10-13(15)9(4-3-5-12(16)17)7-11(18-2)14(10)19-8/h6-7H,3-5H2,1-2H3,(H,16,17). The molecule has 2 rings (SSSR count). The minimum atomic E-state index is -0.775. The molecule has 1 aromatic heterocycles. The zero-order valence-corrected chi connectivity index (χ0v) is 12.4. The molecule has 102 valence electrons. The van der Waals surface area contributed by atoms with Crippen molar-refractivity contribution in [2.45, 2.75) is 26.2 Å².